The van der Waals surface area contributed by atoms with Crippen LogP contribution in [0.3, 0.4) is 0 Å². The topological polar surface area (TPSA) is 51.6 Å². The van der Waals surface area contributed by atoms with Crippen LogP contribution in [-0.4, -0.2) is 19.9 Å². The van der Waals surface area contributed by atoms with Crippen molar-refractivity contribution in [3.8, 4) is 78.4 Å². The molecule has 4 aromatic heterocycles. The summed E-state index contributed by atoms with van der Waals surface area (Å²) in [5.41, 5.74) is 14.9. The van der Waals surface area contributed by atoms with Crippen molar-refractivity contribution in [2.24, 2.45) is 0 Å². The second-order valence-electron chi connectivity index (χ2n) is 16.1. The molecule has 0 aliphatic heterocycles. The first-order valence-corrected chi connectivity index (χ1v) is 21.6. The summed E-state index contributed by atoms with van der Waals surface area (Å²) in [6.07, 6.45) is 7.44. The Kier molecular flexibility index (Phi) is 9.12. The van der Waals surface area contributed by atoms with E-state index >= 15 is 0 Å². The first-order valence-electron chi connectivity index (χ1n) is 21.6. The maximum absolute atomic E-state index is 4.80. The van der Waals surface area contributed by atoms with Crippen LogP contribution >= 0.6 is 0 Å². The maximum atomic E-state index is 4.80. The van der Waals surface area contributed by atoms with Crippen molar-refractivity contribution in [3.05, 3.63) is 231 Å². The van der Waals surface area contributed by atoms with E-state index in [1.165, 1.54) is 65.3 Å². The number of pyridine rings is 4. The second kappa shape index (κ2) is 15.7. The van der Waals surface area contributed by atoms with E-state index in [1.54, 1.807) is 0 Å². The van der Waals surface area contributed by atoms with Gasteiger partial charge in [0.15, 0.2) is 0 Å². The minimum absolute atomic E-state index is 0.919. The molecule has 64 heavy (non-hydrogen) atoms. The second-order valence-corrected chi connectivity index (χ2v) is 16.1. The Morgan fingerprint density at radius 2 is 0.391 bits per heavy atom. The molecule has 12 rings (SSSR count). The molecule has 298 valence electrons. The molecule has 4 heterocycles. The number of benzene rings is 8. The van der Waals surface area contributed by atoms with Gasteiger partial charge in [0.25, 0.3) is 0 Å². The molecule has 12 aromatic rings. The quantitative estimate of drug-likeness (QED) is 0.150. The number of hydrogen-bond acceptors (Lipinski definition) is 4. The van der Waals surface area contributed by atoms with Gasteiger partial charge in [-0.2, -0.15) is 0 Å². The highest BCUT2D eigenvalue weighted by atomic mass is 14.7. The molecule has 0 saturated heterocycles. The van der Waals surface area contributed by atoms with Crippen molar-refractivity contribution in [2.45, 2.75) is 0 Å². The minimum Gasteiger partial charge on any atom is -0.256 e. The monoisotopic (exact) mass is 814 g/mol. The van der Waals surface area contributed by atoms with E-state index in [-0.39, 0.29) is 0 Å². The van der Waals surface area contributed by atoms with Crippen LogP contribution in [0.15, 0.2) is 231 Å². The number of rotatable bonds is 7. The van der Waals surface area contributed by atoms with E-state index in [9.17, 15) is 0 Å². The fourth-order valence-electron chi connectivity index (χ4n) is 9.69. The van der Waals surface area contributed by atoms with Gasteiger partial charge in [0.1, 0.15) is 0 Å². The molecule has 0 saturated carbocycles. The number of aromatic nitrogens is 4. The van der Waals surface area contributed by atoms with Crippen LogP contribution in [0.1, 0.15) is 0 Å². The highest BCUT2D eigenvalue weighted by Crippen LogP contribution is 2.51. The molecule has 0 N–H and O–H groups in total. The van der Waals surface area contributed by atoms with E-state index in [0.717, 1.165) is 56.2 Å². The summed E-state index contributed by atoms with van der Waals surface area (Å²) in [6.45, 7) is 0. The Hall–Kier alpha value is -8.60. The smallest absolute Gasteiger partial charge is 0.0702 e. The minimum atomic E-state index is 0.919. The van der Waals surface area contributed by atoms with Gasteiger partial charge in [-0.05, 0) is 161 Å². The van der Waals surface area contributed by atoms with Gasteiger partial charge in [-0.25, -0.2) is 0 Å². The van der Waals surface area contributed by atoms with Crippen molar-refractivity contribution in [3.63, 3.8) is 0 Å². The lowest BCUT2D eigenvalue weighted by Gasteiger charge is -2.23. The molecule has 0 atom stereocenters. The van der Waals surface area contributed by atoms with E-state index in [4.69, 9.17) is 19.9 Å². The van der Waals surface area contributed by atoms with E-state index < -0.39 is 0 Å². The zero-order valence-corrected chi connectivity index (χ0v) is 34.7. The van der Waals surface area contributed by atoms with Crippen LogP contribution in [0.5, 0.6) is 0 Å². The van der Waals surface area contributed by atoms with Crippen molar-refractivity contribution in [1.82, 2.24) is 19.9 Å². The predicted octanol–water partition coefficient (Wildman–Crippen LogP) is 15.5. The zero-order chi connectivity index (χ0) is 42.4. The van der Waals surface area contributed by atoms with Crippen molar-refractivity contribution in [1.29, 1.82) is 0 Å². The molecule has 0 fully saturated rings. The van der Waals surface area contributed by atoms with Gasteiger partial charge in [0.05, 0.1) is 22.8 Å². The SMILES string of the molecule is c1ccc(-c2cc(-c3ccccn3)cc(-c3c4ccccc4c(-c4c5ccccc5c(-c5cc(-c6ccccn6)cc(-c6ccccn6)c5)c5ccccc45)c4ccccc34)c2)nc1. The van der Waals surface area contributed by atoms with E-state index in [0.29, 0.717) is 0 Å². The molecule has 8 aromatic carbocycles. The molecule has 4 heteroatoms. The zero-order valence-electron chi connectivity index (χ0n) is 34.7. The Bertz CT molecular complexity index is 3220. The van der Waals surface area contributed by atoms with Gasteiger partial charge >= 0.3 is 0 Å². The summed E-state index contributed by atoms with van der Waals surface area (Å²) in [5, 5.41) is 9.49. The van der Waals surface area contributed by atoms with Gasteiger partial charge in [-0.15, -0.1) is 0 Å². The standard InChI is InChI=1S/C60H38N4/c1-5-21-49-45(17-1)57(43-35-39(53-25-9-13-29-61-53)33-40(36-43)54-26-10-14-30-62-54)46-18-2-6-22-50(46)59(49)60-51-23-7-3-19-47(51)58(48-20-4-8-24-52(48)60)44-37-41(55-27-11-15-31-63-55)34-42(38-44)56-28-12-16-32-64-56/h1-38H. The molecule has 0 bridgehead atoms. The van der Waals surface area contributed by atoms with Crippen LogP contribution in [0.2, 0.25) is 0 Å². The summed E-state index contributed by atoms with van der Waals surface area (Å²) in [6, 6.07) is 73.7. The van der Waals surface area contributed by atoms with Crippen LogP contribution in [-0.2, 0) is 0 Å². The average molecular weight is 815 g/mol. The Balaban J connectivity index is 1.16. The average Bonchev–Trinajstić information content (AvgIpc) is 3.38. The van der Waals surface area contributed by atoms with Crippen molar-refractivity contribution < 1.29 is 0 Å². The van der Waals surface area contributed by atoms with E-state index in [1.807, 2.05) is 73.3 Å². The maximum Gasteiger partial charge on any atom is 0.0702 e. The van der Waals surface area contributed by atoms with Crippen molar-refractivity contribution in [2.75, 3.05) is 0 Å². The van der Waals surface area contributed by atoms with Gasteiger partial charge in [-0.3, -0.25) is 19.9 Å². The third-order valence-corrected chi connectivity index (χ3v) is 12.4. The number of hydrogen-bond donors (Lipinski definition) is 0. The summed E-state index contributed by atoms with van der Waals surface area (Å²) < 4.78 is 0. The summed E-state index contributed by atoms with van der Waals surface area (Å²) in [5.74, 6) is 0. The number of fused-ring (bicyclic) bond motifs is 4. The first-order chi connectivity index (χ1) is 31.8. The van der Waals surface area contributed by atoms with E-state index in [2.05, 4.69) is 158 Å². The summed E-state index contributed by atoms with van der Waals surface area (Å²) in [4.78, 5) is 19.2. The lowest BCUT2D eigenvalue weighted by Crippen LogP contribution is -1.96. The lowest BCUT2D eigenvalue weighted by atomic mass is 9.80. The van der Waals surface area contributed by atoms with Crippen LogP contribution < -0.4 is 0 Å². The van der Waals surface area contributed by atoms with Crippen LogP contribution in [0, 0.1) is 0 Å². The predicted molar refractivity (Wildman–Crippen MR) is 266 cm³/mol. The molecular formula is C60H38N4. The third-order valence-electron chi connectivity index (χ3n) is 12.4. The van der Waals surface area contributed by atoms with Crippen LogP contribution in [0.25, 0.3) is 122 Å². The van der Waals surface area contributed by atoms with Gasteiger partial charge in [0, 0.05) is 47.0 Å². The molecular weight excluding hydrogens is 777 g/mol. The summed E-state index contributed by atoms with van der Waals surface area (Å²) >= 11 is 0. The molecule has 0 aliphatic rings. The normalized spacial score (nSPS) is 11.4. The Labute approximate surface area is 370 Å². The molecule has 0 amide bonds. The highest BCUT2D eigenvalue weighted by molar-refractivity contribution is 6.30. The Morgan fingerprint density at radius 3 is 0.609 bits per heavy atom. The largest absolute Gasteiger partial charge is 0.256 e. The first kappa shape index (κ1) is 37.2. The molecule has 0 spiro atoms. The molecule has 0 aliphatic carbocycles. The number of nitrogens with zero attached hydrogens (tertiary/aromatic N) is 4. The molecule has 0 unspecified atom stereocenters. The molecule has 0 radical (unpaired) electrons. The fraction of sp³-hybridized carbons (Fsp3) is 0. The van der Waals surface area contributed by atoms with Crippen LogP contribution in [0.4, 0.5) is 0 Å². The molecule has 4 nitrogen and oxygen atoms in total. The van der Waals surface area contributed by atoms with Crippen molar-refractivity contribution >= 4 is 43.1 Å². The summed E-state index contributed by atoms with van der Waals surface area (Å²) in [7, 11) is 0. The third kappa shape index (κ3) is 6.40. The lowest BCUT2D eigenvalue weighted by molar-refractivity contribution is 1.31. The van der Waals surface area contributed by atoms with Gasteiger partial charge in [0.2, 0.25) is 0 Å². The fourth-order valence-corrected chi connectivity index (χ4v) is 9.69. The van der Waals surface area contributed by atoms with Gasteiger partial charge in [-0.1, -0.05) is 121 Å². The highest BCUT2D eigenvalue weighted by Gasteiger charge is 2.23. The Morgan fingerprint density at radius 1 is 0.188 bits per heavy atom. The van der Waals surface area contributed by atoms with Gasteiger partial charge < -0.3 is 0 Å².